The summed E-state index contributed by atoms with van der Waals surface area (Å²) in [6, 6.07) is 19.6. The monoisotopic (exact) mass is 424 g/mol. The Balaban J connectivity index is 1.25. The van der Waals surface area contributed by atoms with Crippen LogP contribution in [0.3, 0.4) is 0 Å². The third kappa shape index (κ3) is 3.19. The molecule has 0 bridgehead atoms. The number of hydrogen-bond acceptors (Lipinski definition) is 6. The van der Waals surface area contributed by atoms with E-state index in [1.54, 1.807) is 12.3 Å². The molecule has 1 saturated heterocycles. The zero-order valence-electron chi connectivity index (χ0n) is 18.0. The van der Waals surface area contributed by atoms with Crippen LogP contribution in [0, 0.1) is 6.92 Å². The van der Waals surface area contributed by atoms with Crippen LogP contribution < -0.4 is 4.90 Å². The summed E-state index contributed by atoms with van der Waals surface area (Å²) in [5.74, 6) is 1.18. The molecule has 2 aromatic carbocycles. The molecule has 2 aliphatic rings. The molecule has 0 N–H and O–H groups in total. The number of aryl methyl sites for hydroxylation is 1. The highest BCUT2D eigenvalue weighted by Gasteiger charge is 2.42. The van der Waals surface area contributed by atoms with Crippen molar-refractivity contribution in [3.8, 4) is 11.6 Å². The fourth-order valence-electron chi connectivity index (χ4n) is 4.64. The van der Waals surface area contributed by atoms with Crippen molar-refractivity contribution in [3.63, 3.8) is 0 Å². The van der Waals surface area contributed by atoms with Crippen LogP contribution in [0.1, 0.15) is 27.9 Å². The van der Waals surface area contributed by atoms with E-state index in [0.29, 0.717) is 11.6 Å². The second-order valence-electron chi connectivity index (χ2n) is 8.70. The van der Waals surface area contributed by atoms with Crippen LogP contribution in [0.2, 0.25) is 0 Å². The third-order valence-electron chi connectivity index (χ3n) is 6.69. The van der Waals surface area contributed by atoms with E-state index in [4.69, 9.17) is 14.2 Å². The van der Waals surface area contributed by atoms with Gasteiger partial charge in [-0.1, -0.05) is 47.1 Å². The Morgan fingerprint density at radius 2 is 1.69 bits per heavy atom. The molecule has 4 aromatic rings. The van der Waals surface area contributed by atoms with Crippen molar-refractivity contribution in [1.29, 1.82) is 0 Å². The second-order valence-corrected chi connectivity index (χ2v) is 8.70. The van der Waals surface area contributed by atoms with E-state index in [9.17, 15) is 0 Å². The predicted octanol–water partition coefficient (Wildman–Crippen LogP) is 4.32. The molecule has 32 heavy (non-hydrogen) atoms. The third-order valence-corrected chi connectivity index (χ3v) is 6.69. The van der Waals surface area contributed by atoms with Crippen LogP contribution >= 0.6 is 0 Å². The molecule has 0 radical (unpaired) electrons. The summed E-state index contributed by atoms with van der Waals surface area (Å²) in [5, 5.41) is 3.76. The van der Waals surface area contributed by atoms with Crippen molar-refractivity contribution in [2.24, 2.45) is 0 Å². The zero-order valence-corrected chi connectivity index (χ0v) is 18.0. The number of benzene rings is 2. The van der Waals surface area contributed by atoms with Crippen molar-refractivity contribution in [2.75, 3.05) is 24.7 Å². The maximum Gasteiger partial charge on any atom is 0.204 e. The summed E-state index contributed by atoms with van der Waals surface area (Å²) >= 11 is 0. The summed E-state index contributed by atoms with van der Waals surface area (Å²) in [6.45, 7) is 5.29. The van der Waals surface area contributed by atoms with Gasteiger partial charge in [-0.3, -0.25) is 0 Å². The Labute approximate surface area is 186 Å². The van der Waals surface area contributed by atoms with Crippen LogP contribution in [0.5, 0.6) is 0 Å². The van der Waals surface area contributed by atoms with Crippen molar-refractivity contribution in [2.45, 2.75) is 25.3 Å². The van der Waals surface area contributed by atoms with Crippen molar-refractivity contribution in [3.05, 3.63) is 94.9 Å². The van der Waals surface area contributed by atoms with Gasteiger partial charge in [0.25, 0.3) is 0 Å². The summed E-state index contributed by atoms with van der Waals surface area (Å²) in [7, 11) is 0. The first kappa shape index (κ1) is 19.2. The molecule has 4 heterocycles. The number of hydrogen-bond donors (Lipinski definition) is 0. The molecule has 160 valence electrons. The number of aromatic nitrogens is 3. The highest BCUT2D eigenvalue weighted by Crippen LogP contribution is 2.40. The normalized spacial score (nSPS) is 17.0. The maximum absolute atomic E-state index is 5.67. The lowest BCUT2D eigenvalue weighted by molar-refractivity contribution is -0.0379. The molecule has 2 aromatic heterocycles. The molecular formula is C26H24N4O2. The molecule has 0 unspecified atom stereocenters. The minimum Gasteiger partial charge on any atom is -0.379 e. The Morgan fingerprint density at radius 1 is 0.938 bits per heavy atom. The zero-order chi connectivity index (χ0) is 21.5. The van der Waals surface area contributed by atoms with Gasteiger partial charge in [-0.2, -0.15) is 0 Å². The van der Waals surface area contributed by atoms with Gasteiger partial charge in [-0.05, 0) is 42.2 Å². The average Bonchev–Trinajstić information content (AvgIpc) is 3.34. The predicted molar refractivity (Wildman–Crippen MR) is 122 cm³/mol. The minimum absolute atomic E-state index is 0.0417. The molecule has 6 nitrogen and oxygen atoms in total. The van der Waals surface area contributed by atoms with Gasteiger partial charge in [0, 0.05) is 24.5 Å². The van der Waals surface area contributed by atoms with Crippen LogP contribution in [0.4, 0.5) is 5.69 Å². The van der Waals surface area contributed by atoms with Gasteiger partial charge in [-0.25, -0.2) is 9.97 Å². The van der Waals surface area contributed by atoms with Crippen LogP contribution in [-0.4, -0.2) is 34.9 Å². The van der Waals surface area contributed by atoms with Gasteiger partial charge < -0.3 is 14.2 Å². The lowest BCUT2D eigenvalue weighted by Gasteiger charge is -2.43. The first-order valence-corrected chi connectivity index (χ1v) is 11.0. The molecular weight excluding hydrogens is 400 g/mol. The van der Waals surface area contributed by atoms with E-state index in [2.05, 4.69) is 70.5 Å². The van der Waals surface area contributed by atoms with Crippen LogP contribution in [0.25, 0.3) is 11.6 Å². The van der Waals surface area contributed by atoms with E-state index in [0.717, 1.165) is 38.4 Å². The van der Waals surface area contributed by atoms with Gasteiger partial charge in [-0.15, -0.1) is 0 Å². The quantitative estimate of drug-likeness (QED) is 0.486. The number of nitrogens with zero attached hydrogens (tertiary/aromatic N) is 4. The number of anilines is 1. The van der Waals surface area contributed by atoms with E-state index in [1.165, 1.54) is 27.9 Å². The molecule has 6 rings (SSSR count). The molecule has 0 amide bonds. The highest BCUT2D eigenvalue weighted by atomic mass is 16.5. The summed E-state index contributed by atoms with van der Waals surface area (Å²) in [6.07, 6.45) is 4.46. The molecule has 0 saturated carbocycles. The molecule has 0 spiro atoms. The number of rotatable bonds is 4. The number of ether oxygens (including phenoxy) is 1. The van der Waals surface area contributed by atoms with E-state index >= 15 is 0 Å². The summed E-state index contributed by atoms with van der Waals surface area (Å²) in [4.78, 5) is 11.6. The van der Waals surface area contributed by atoms with Crippen LogP contribution in [0.15, 0.2) is 71.5 Å². The largest absolute Gasteiger partial charge is 0.379 e. The fraction of sp³-hybridized carbons (Fsp3) is 0.269. The summed E-state index contributed by atoms with van der Waals surface area (Å²) < 4.78 is 10.9. The van der Waals surface area contributed by atoms with Crippen molar-refractivity contribution in [1.82, 2.24) is 15.1 Å². The van der Waals surface area contributed by atoms with Gasteiger partial charge in [0.2, 0.25) is 5.76 Å². The Morgan fingerprint density at radius 3 is 2.34 bits per heavy atom. The maximum atomic E-state index is 5.67. The Hall–Kier alpha value is -3.51. The molecule has 2 aliphatic heterocycles. The van der Waals surface area contributed by atoms with E-state index in [-0.39, 0.29) is 5.41 Å². The molecule has 0 atom stereocenters. The van der Waals surface area contributed by atoms with Gasteiger partial charge >= 0.3 is 0 Å². The Bertz CT molecular complexity index is 1230. The highest BCUT2D eigenvalue weighted by molar-refractivity contribution is 5.54. The molecule has 1 fully saturated rings. The van der Waals surface area contributed by atoms with Crippen molar-refractivity contribution >= 4 is 5.69 Å². The standard InChI is InChI=1S/C26H24N4O2/c1-18-2-4-20(5-3-18)26(16-31-17-26)21-6-8-22(9-7-21)30-13-11-19-14-27-25(29-23(19)15-30)24-10-12-28-32-24/h2-10,12,14H,11,13,15-17H2,1H3. The topological polar surface area (TPSA) is 64.3 Å². The van der Waals surface area contributed by atoms with Gasteiger partial charge in [0.15, 0.2) is 5.82 Å². The van der Waals surface area contributed by atoms with Gasteiger partial charge in [0.05, 0.1) is 37.1 Å². The second kappa shape index (κ2) is 7.57. The Kier molecular flexibility index (Phi) is 4.54. The lowest BCUT2D eigenvalue weighted by atomic mass is 9.73. The molecule has 0 aliphatic carbocycles. The van der Waals surface area contributed by atoms with Crippen molar-refractivity contribution < 1.29 is 9.26 Å². The minimum atomic E-state index is -0.0417. The first-order valence-electron chi connectivity index (χ1n) is 11.0. The van der Waals surface area contributed by atoms with Crippen LogP contribution in [-0.2, 0) is 23.1 Å². The first-order chi connectivity index (χ1) is 15.7. The molecule has 6 heteroatoms. The SMILES string of the molecule is Cc1ccc(C2(c3ccc(N4CCc5cnc(-c6ccno6)nc5C4)cc3)COC2)cc1. The lowest BCUT2D eigenvalue weighted by Crippen LogP contribution is -2.47. The average molecular weight is 425 g/mol. The smallest absolute Gasteiger partial charge is 0.204 e. The van der Waals surface area contributed by atoms with E-state index in [1.807, 2.05) is 6.20 Å². The number of fused-ring (bicyclic) bond motifs is 1. The van der Waals surface area contributed by atoms with Gasteiger partial charge in [0.1, 0.15) is 0 Å². The van der Waals surface area contributed by atoms with E-state index < -0.39 is 0 Å². The fourth-order valence-corrected chi connectivity index (χ4v) is 4.64. The summed E-state index contributed by atoms with van der Waals surface area (Å²) in [5.41, 5.74) is 7.32.